The molecule has 0 aromatic heterocycles. The largest absolute Gasteiger partial charge is 0.396 e. The zero-order valence-electron chi connectivity index (χ0n) is 14.5. The molecular weight excluding hydrogens is 323 g/mol. The Labute approximate surface area is 147 Å². The fourth-order valence-corrected chi connectivity index (χ4v) is 3.90. The molecule has 2 atom stereocenters. The summed E-state index contributed by atoms with van der Waals surface area (Å²) in [6.45, 7) is 0.546. The third-order valence-corrected chi connectivity index (χ3v) is 5.80. The molecule has 2 amide bonds. The van der Waals surface area contributed by atoms with Gasteiger partial charge in [0.05, 0.1) is 18.6 Å². The van der Waals surface area contributed by atoms with E-state index in [1.807, 2.05) is 0 Å². The molecule has 25 heavy (non-hydrogen) atoms. The van der Waals surface area contributed by atoms with E-state index in [4.69, 9.17) is 0 Å². The van der Waals surface area contributed by atoms with Gasteiger partial charge < -0.3 is 15.3 Å². The monoisotopic (exact) mass is 348 g/mol. The van der Waals surface area contributed by atoms with Crippen molar-refractivity contribution in [3.05, 3.63) is 35.6 Å². The van der Waals surface area contributed by atoms with Crippen LogP contribution in [0.15, 0.2) is 24.3 Å². The molecule has 2 N–H and O–H groups in total. The molecule has 1 saturated carbocycles. The second-order valence-corrected chi connectivity index (χ2v) is 7.38. The Hall–Kier alpha value is -1.95. The summed E-state index contributed by atoms with van der Waals surface area (Å²) in [4.78, 5) is 26.5. The number of likely N-dealkylation sites (tertiary alicyclic amines) is 1. The van der Waals surface area contributed by atoms with E-state index in [2.05, 4.69) is 5.32 Å². The van der Waals surface area contributed by atoms with Crippen molar-refractivity contribution in [2.45, 2.75) is 38.1 Å². The molecule has 2 fully saturated rings. The molecule has 1 aliphatic carbocycles. The number of aliphatic hydroxyl groups is 1. The first kappa shape index (κ1) is 17.9. The topological polar surface area (TPSA) is 69.6 Å². The summed E-state index contributed by atoms with van der Waals surface area (Å²) in [6.07, 6.45) is 3.73. The molecule has 2 aliphatic rings. The Morgan fingerprint density at radius 3 is 2.60 bits per heavy atom. The maximum absolute atomic E-state index is 13.2. The standard InChI is InChI=1S/C19H25FN2O3/c1-22-16(24)8-7-15(17(22)13-3-5-14(20)6-4-13)18(25)21-11-19(12-23)9-2-10-19/h3-6,15,17,23H,2,7-12H2,1H3,(H,21,25). The summed E-state index contributed by atoms with van der Waals surface area (Å²) in [5, 5.41) is 12.5. The molecule has 1 aromatic carbocycles. The summed E-state index contributed by atoms with van der Waals surface area (Å²) in [6, 6.07) is 5.58. The third kappa shape index (κ3) is 3.54. The van der Waals surface area contributed by atoms with Crippen LogP contribution in [0, 0.1) is 17.2 Å². The van der Waals surface area contributed by atoms with Gasteiger partial charge in [-0.15, -0.1) is 0 Å². The number of piperidine rings is 1. The fraction of sp³-hybridized carbons (Fsp3) is 0.579. The van der Waals surface area contributed by atoms with E-state index in [0.717, 1.165) is 24.8 Å². The van der Waals surface area contributed by atoms with Crippen LogP contribution in [0.5, 0.6) is 0 Å². The highest BCUT2D eigenvalue weighted by Gasteiger charge is 2.41. The number of hydrogen-bond acceptors (Lipinski definition) is 3. The molecule has 6 heteroatoms. The minimum atomic E-state index is -0.395. The van der Waals surface area contributed by atoms with Gasteiger partial charge >= 0.3 is 0 Å². The number of halogens is 1. The molecule has 1 saturated heterocycles. The Morgan fingerprint density at radius 1 is 1.36 bits per heavy atom. The minimum Gasteiger partial charge on any atom is -0.396 e. The van der Waals surface area contributed by atoms with Gasteiger partial charge in [-0.25, -0.2) is 4.39 Å². The number of benzene rings is 1. The zero-order valence-corrected chi connectivity index (χ0v) is 14.5. The van der Waals surface area contributed by atoms with Gasteiger partial charge in [0.25, 0.3) is 0 Å². The van der Waals surface area contributed by atoms with E-state index in [9.17, 15) is 19.1 Å². The van der Waals surface area contributed by atoms with Gasteiger partial charge in [0.1, 0.15) is 5.82 Å². The van der Waals surface area contributed by atoms with Crippen LogP contribution in [-0.2, 0) is 9.59 Å². The van der Waals surface area contributed by atoms with Gasteiger partial charge in [0.2, 0.25) is 11.8 Å². The molecule has 0 bridgehead atoms. The fourth-order valence-electron chi connectivity index (χ4n) is 3.90. The molecule has 1 aliphatic heterocycles. The molecule has 3 rings (SSSR count). The normalized spacial score (nSPS) is 25.4. The number of amides is 2. The number of aliphatic hydroxyl groups excluding tert-OH is 1. The Balaban J connectivity index is 1.75. The first-order valence-corrected chi connectivity index (χ1v) is 8.85. The van der Waals surface area contributed by atoms with Crippen LogP contribution in [-0.4, -0.2) is 42.0 Å². The summed E-state index contributed by atoms with van der Waals surface area (Å²) in [5.74, 6) is -0.828. The number of nitrogens with zero attached hydrogens (tertiary/aromatic N) is 1. The van der Waals surface area contributed by atoms with Gasteiger partial charge in [0, 0.05) is 25.4 Å². The molecule has 136 valence electrons. The van der Waals surface area contributed by atoms with Gasteiger partial charge in [-0.2, -0.15) is 0 Å². The summed E-state index contributed by atoms with van der Waals surface area (Å²) >= 11 is 0. The van der Waals surface area contributed by atoms with E-state index in [1.54, 1.807) is 24.1 Å². The lowest BCUT2D eigenvalue weighted by Gasteiger charge is -2.42. The van der Waals surface area contributed by atoms with Crippen molar-refractivity contribution in [2.75, 3.05) is 20.2 Å². The maximum atomic E-state index is 13.2. The lowest BCUT2D eigenvalue weighted by Crippen LogP contribution is -2.50. The molecule has 0 radical (unpaired) electrons. The highest BCUT2D eigenvalue weighted by atomic mass is 19.1. The quantitative estimate of drug-likeness (QED) is 0.855. The lowest BCUT2D eigenvalue weighted by atomic mass is 9.69. The lowest BCUT2D eigenvalue weighted by molar-refractivity contribution is -0.142. The molecule has 5 nitrogen and oxygen atoms in total. The number of rotatable bonds is 5. The third-order valence-electron chi connectivity index (χ3n) is 5.80. The van der Waals surface area contributed by atoms with Crippen molar-refractivity contribution < 1.29 is 19.1 Å². The number of carbonyl (C=O) groups excluding carboxylic acids is 2. The van der Waals surface area contributed by atoms with E-state index in [1.165, 1.54) is 12.1 Å². The SMILES string of the molecule is CN1C(=O)CCC(C(=O)NCC2(CO)CCC2)C1c1ccc(F)cc1. The van der Waals surface area contributed by atoms with Crippen molar-refractivity contribution in [3.8, 4) is 0 Å². The second kappa shape index (κ2) is 7.12. The van der Waals surface area contributed by atoms with Crippen molar-refractivity contribution in [1.82, 2.24) is 10.2 Å². The van der Waals surface area contributed by atoms with Gasteiger partial charge in [0.15, 0.2) is 0 Å². The second-order valence-electron chi connectivity index (χ2n) is 7.38. The Bertz CT molecular complexity index is 637. The van der Waals surface area contributed by atoms with Crippen molar-refractivity contribution >= 4 is 11.8 Å². The van der Waals surface area contributed by atoms with Crippen LogP contribution in [0.1, 0.15) is 43.7 Å². The predicted octanol–water partition coefficient (Wildman–Crippen LogP) is 2.01. The van der Waals surface area contributed by atoms with Crippen molar-refractivity contribution in [3.63, 3.8) is 0 Å². The molecule has 1 aromatic rings. The average Bonchev–Trinajstić information content (AvgIpc) is 2.57. The van der Waals surface area contributed by atoms with Gasteiger partial charge in [-0.05, 0) is 37.0 Å². The van der Waals surface area contributed by atoms with Crippen LogP contribution in [0.3, 0.4) is 0 Å². The van der Waals surface area contributed by atoms with Crippen LogP contribution in [0.4, 0.5) is 4.39 Å². The van der Waals surface area contributed by atoms with Crippen LogP contribution in [0.25, 0.3) is 0 Å². The molecule has 2 unspecified atom stereocenters. The highest BCUT2D eigenvalue weighted by Crippen LogP contribution is 2.40. The van der Waals surface area contributed by atoms with Crippen molar-refractivity contribution in [2.24, 2.45) is 11.3 Å². The number of hydrogen-bond donors (Lipinski definition) is 2. The first-order valence-electron chi connectivity index (χ1n) is 8.85. The summed E-state index contributed by atoms with van der Waals surface area (Å²) in [7, 11) is 1.69. The molecular formula is C19H25FN2O3. The van der Waals surface area contributed by atoms with Crippen molar-refractivity contribution in [1.29, 1.82) is 0 Å². The number of carbonyl (C=O) groups is 2. The Morgan fingerprint density at radius 2 is 2.04 bits per heavy atom. The maximum Gasteiger partial charge on any atom is 0.225 e. The summed E-state index contributed by atoms with van der Waals surface area (Å²) < 4.78 is 13.2. The average molecular weight is 348 g/mol. The zero-order chi connectivity index (χ0) is 18.0. The molecule has 0 spiro atoms. The number of nitrogens with one attached hydrogen (secondary N) is 1. The first-order chi connectivity index (χ1) is 12.0. The van der Waals surface area contributed by atoms with Crippen LogP contribution < -0.4 is 5.32 Å². The van der Waals surface area contributed by atoms with E-state index >= 15 is 0 Å². The van der Waals surface area contributed by atoms with Gasteiger partial charge in [-0.3, -0.25) is 9.59 Å². The van der Waals surface area contributed by atoms with E-state index in [-0.39, 0.29) is 35.6 Å². The van der Waals surface area contributed by atoms with Crippen LogP contribution in [0.2, 0.25) is 0 Å². The van der Waals surface area contributed by atoms with E-state index in [0.29, 0.717) is 19.4 Å². The van der Waals surface area contributed by atoms with E-state index < -0.39 is 6.04 Å². The predicted molar refractivity (Wildman–Crippen MR) is 91.0 cm³/mol. The highest BCUT2D eigenvalue weighted by molar-refractivity contribution is 5.84. The Kier molecular flexibility index (Phi) is 5.08. The molecule has 1 heterocycles. The van der Waals surface area contributed by atoms with Crippen LogP contribution >= 0.6 is 0 Å². The smallest absolute Gasteiger partial charge is 0.225 e. The van der Waals surface area contributed by atoms with Gasteiger partial charge in [-0.1, -0.05) is 18.6 Å². The minimum absolute atomic E-state index is 0.0100. The summed E-state index contributed by atoms with van der Waals surface area (Å²) in [5.41, 5.74) is 0.579.